The monoisotopic (exact) mass is 349 g/mol. The molecule has 2 atom stereocenters. The molecule has 128 valence electrons. The fourth-order valence-electron chi connectivity index (χ4n) is 2.30. The lowest BCUT2D eigenvalue weighted by atomic mass is 10.2. The second kappa shape index (κ2) is 8.06. The minimum absolute atomic E-state index is 0.0521. The van der Waals surface area contributed by atoms with Crippen LogP contribution in [0.2, 0.25) is 0 Å². The number of carbonyl (C=O) groups excluding carboxylic acids is 1. The van der Waals surface area contributed by atoms with Gasteiger partial charge in [-0.25, -0.2) is 4.39 Å². The number of hydrogen-bond acceptors (Lipinski definition) is 3. The van der Waals surface area contributed by atoms with Crippen molar-refractivity contribution in [2.24, 2.45) is 0 Å². The lowest BCUT2D eigenvalue weighted by Gasteiger charge is -2.21. The summed E-state index contributed by atoms with van der Waals surface area (Å²) >= 11 is 0. The summed E-state index contributed by atoms with van der Waals surface area (Å²) in [6.45, 7) is 1.61. The van der Waals surface area contributed by atoms with Crippen molar-refractivity contribution in [1.82, 2.24) is 0 Å². The van der Waals surface area contributed by atoms with E-state index in [1.165, 1.54) is 30.2 Å². The molecule has 2 aromatic rings. The number of rotatable bonds is 6. The van der Waals surface area contributed by atoms with Crippen LogP contribution in [-0.2, 0) is 21.3 Å². The Morgan fingerprint density at radius 2 is 1.92 bits per heavy atom. The van der Waals surface area contributed by atoms with Gasteiger partial charge in [-0.05, 0) is 37.3 Å². The van der Waals surface area contributed by atoms with Crippen LogP contribution in [0, 0.1) is 5.82 Å². The van der Waals surface area contributed by atoms with Crippen molar-refractivity contribution >= 4 is 22.4 Å². The number of para-hydroxylation sites is 1. The number of amides is 1. The number of methoxy groups -OCH3 is 1. The van der Waals surface area contributed by atoms with Gasteiger partial charge >= 0.3 is 0 Å². The van der Waals surface area contributed by atoms with Gasteiger partial charge in [0, 0.05) is 29.1 Å². The van der Waals surface area contributed by atoms with Gasteiger partial charge in [0.1, 0.15) is 16.8 Å². The van der Waals surface area contributed by atoms with Gasteiger partial charge in [-0.15, -0.1) is 0 Å². The fourth-order valence-corrected chi connectivity index (χ4v) is 3.47. The number of hydrogen-bond donors (Lipinski definition) is 0. The standard InChI is InChI=1S/C18H20FNO3S/c1-13(18(21)20(2)16-7-5-4-6-8-16)24(22)12-14-11-15(19)9-10-17(14)23-3/h4-11,13H,12H2,1-3H3. The van der Waals surface area contributed by atoms with E-state index in [1.54, 1.807) is 14.0 Å². The summed E-state index contributed by atoms with van der Waals surface area (Å²) in [5, 5.41) is -0.719. The Bertz CT molecular complexity index is 736. The Morgan fingerprint density at radius 1 is 1.25 bits per heavy atom. The summed E-state index contributed by atoms with van der Waals surface area (Å²) < 4.78 is 31.1. The van der Waals surface area contributed by atoms with Crippen LogP contribution < -0.4 is 9.64 Å². The van der Waals surface area contributed by atoms with Crippen molar-refractivity contribution in [2.45, 2.75) is 17.9 Å². The number of nitrogens with zero attached hydrogens (tertiary/aromatic N) is 1. The van der Waals surface area contributed by atoms with E-state index in [0.29, 0.717) is 11.3 Å². The van der Waals surface area contributed by atoms with Crippen LogP contribution in [0.3, 0.4) is 0 Å². The Morgan fingerprint density at radius 3 is 2.54 bits per heavy atom. The fraction of sp³-hybridized carbons (Fsp3) is 0.278. The quantitative estimate of drug-likeness (QED) is 0.805. The molecule has 0 heterocycles. The maximum absolute atomic E-state index is 13.4. The lowest BCUT2D eigenvalue weighted by Crippen LogP contribution is -2.37. The largest absolute Gasteiger partial charge is 0.496 e. The zero-order valence-corrected chi connectivity index (χ0v) is 14.7. The predicted octanol–water partition coefficient (Wildman–Crippen LogP) is 3.13. The highest BCUT2D eigenvalue weighted by molar-refractivity contribution is 7.85. The molecule has 0 aliphatic rings. The van der Waals surface area contributed by atoms with E-state index in [1.807, 2.05) is 30.3 Å². The zero-order valence-electron chi connectivity index (χ0n) is 13.9. The second-order valence-corrected chi connectivity index (χ2v) is 7.11. The molecular weight excluding hydrogens is 329 g/mol. The average molecular weight is 349 g/mol. The third kappa shape index (κ3) is 4.20. The van der Waals surface area contributed by atoms with Crippen LogP contribution in [0.25, 0.3) is 0 Å². The van der Waals surface area contributed by atoms with E-state index in [0.717, 1.165) is 5.69 Å². The molecule has 0 bridgehead atoms. The third-order valence-electron chi connectivity index (χ3n) is 3.76. The van der Waals surface area contributed by atoms with Gasteiger partial charge in [-0.1, -0.05) is 18.2 Å². The van der Waals surface area contributed by atoms with Crippen LogP contribution in [-0.4, -0.2) is 29.5 Å². The molecule has 4 nitrogen and oxygen atoms in total. The molecule has 0 radical (unpaired) electrons. The summed E-state index contributed by atoms with van der Waals surface area (Å²) in [4.78, 5) is 14.0. The van der Waals surface area contributed by atoms with Gasteiger partial charge in [0.25, 0.3) is 0 Å². The molecular formula is C18H20FNO3S. The molecule has 0 N–H and O–H groups in total. The SMILES string of the molecule is COc1ccc(F)cc1CS(=O)C(C)C(=O)N(C)c1ccccc1. The first-order chi connectivity index (χ1) is 11.4. The Hall–Kier alpha value is -2.21. The molecule has 2 rings (SSSR count). The van der Waals surface area contributed by atoms with E-state index >= 15 is 0 Å². The highest BCUT2D eigenvalue weighted by Gasteiger charge is 2.25. The summed E-state index contributed by atoms with van der Waals surface area (Å²) in [6, 6.07) is 13.2. The van der Waals surface area contributed by atoms with Gasteiger partial charge in [0.2, 0.25) is 5.91 Å². The number of benzene rings is 2. The number of halogens is 1. The number of carbonyl (C=O) groups is 1. The molecule has 0 spiro atoms. The van der Waals surface area contributed by atoms with Crippen LogP contribution in [0.4, 0.5) is 10.1 Å². The minimum Gasteiger partial charge on any atom is -0.496 e. The maximum Gasteiger partial charge on any atom is 0.242 e. The zero-order chi connectivity index (χ0) is 17.7. The predicted molar refractivity (Wildman–Crippen MR) is 94.1 cm³/mol. The molecule has 0 aliphatic heterocycles. The Labute approximate surface area is 143 Å². The van der Waals surface area contributed by atoms with Gasteiger partial charge < -0.3 is 9.64 Å². The van der Waals surface area contributed by atoms with E-state index in [2.05, 4.69) is 0 Å². The van der Waals surface area contributed by atoms with Crippen LogP contribution in [0.15, 0.2) is 48.5 Å². The first-order valence-electron chi connectivity index (χ1n) is 7.46. The highest BCUT2D eigenvalue weighted by atomic mass is 32.2. The third-order valence-corrected chi connectivity index (χ3v) is 5.34. The van der Waals surface area contributed by atoms with Crippen molar-refractivity contribution in [3.05, 3.63) is 59.9 Å². The molecule has 0 fully saturated rings. The first kappa shape index (κ1) is 18.1. The smallest absolute Gasteiger partial charge is 0.242 e. The summed E-state index contributed by atoms with van der Waals surface area (Å²) in [5.41, 5.74) is 1.22. The molecule has 6 heteroatoms. The van der Waals surface area contributed by atoms with E-state index < -0.39 is 21.9 Å². The lowest BCUT2D eigenvalue weighted by molar-refractivity contribution is -0.117. The summed E-state index contributed by atoms with van der Waals surface area (Å²) in [5.74, 6) is -0.171. The van der Waals surface area contributed by atoms with Crippen molar-refractivity contribution in [3.63, 3.8) is 0 Å². The molecule has 2 aromatic carbocycles. The summed E-state index contributed by atoms with van der Waals surface area (Å²) in [6.07, 6.45) is 0. The van der Waals surface area contributed by atoms with E-state index in [9.17, 15) is 13.4 Å². The molecule has 0 aromatic heterocycles. The average Bonchev–Trinajstić information content (AvgIpc) is 2.60. The van der Waals surface area contributed by atoms with Crippen LogP contribution in [0.1, 0.15) is 12.5 Å². The Balaban J connectivity index is 2.12. The van der Waals surface area contributed by atoms with Crippen molar-refractivity contribution in [1.29, 1.82) is 0 Å². The van der Waals surface area contributed by atoms with E-state index in [4.69, 9.17) is 4.74 Å². The normalized spacial score (nSPS) is 13.2. The topological polar surface area (TPSA) is 46.6 Å². The van der Waals surface area contributed by atoms with E-state index in [-0.39, 0.29) is 11.7 Å². The second-order valence-electron chi connectivity index (χ2n) is 5.36. The minimum atomic E-state index is -1.50. The van der Waals surface area contributed by atoms with Gasteiger partial charge in [-0.3, -0.25) is 9.00 Å². The molecule has 1 amide bonds. The van der Waals surface area contributed by atoms with Gasteiger partial charge in [-0.2, -0.15) is 0 Å². The number of ether oxygens (including phenoxy) is 1. The first-order valence-corrected chi connectivity index (χ1v) is 8.84. The number of anilines is 1. The molecule has 0 saturated heterocycles. The molecule has 24 heavy (non-hydrogen) atoms. The van der Waals surface area contributed by atoms with Gasteiger partial charge in [0.15, 0.2) is 0 Å². The van der Waals surface area contributed by atoms with Crippen LogP contribution >= 0.6 is 0 Å². The van der Waals surface area contributed by atoms with Crippen molar-refractivity contribution < 1.29 is 18.1 Å². The van der Waals surface area contributed by atoms with Crippen molar-refractivity contribution in [3.8, 4) is 5.75 Å². The van der Waals surface area contributed by atoms with Crippen molar-refractivity contribution in [2.75, 3.05) is 19.1 Å². The maximum atomic E-state index is 13.4. The molecule has 0 saturated carbocycles. The molecule has 2 unspecified atom stereocenters. The van der Waals surface area contributed by atoms with Crippen LogP contribution in [0.5, 0.6) is 5.75 Å². The highest BCUT2D eigenvalue weighted by Crippen LogP contribution is 2.22. The Kier molecular flexibility index (Phi) is 6.09. The van der Waals surface area contributed by atoms with Gasteiger partial charge in [0.05, 0.1) is 12.9 Å². The molecule has 0 aliphatic carbocycles. The summed E-state index contributed by atoms with van der Waals surface area (Å²) in [7, 11) is 1.62.